The fourth-order valence-electron chi connectivity index (χ4n) is 2.07. The molecule has 0 spiro atoms. The highest BCUT2D eigenvalue weighted by Crippen LogP contribution is 2.17. The Morgan fingerprint density at radius 2 is 1.81 bits per heavy atom. The van der Waals surface area contributed by atoms with E-state index in [9.17, 15) is 9.90 Å². The lowest BCUT2D eigenvalue weighted by Gasteiger charge is -2.17. The molecule has 5 nitrogen and oxygen atoms in total. The summed E-state index contributed by atoms with van der Waals surface area (Å²) in [5, 5.41) is 9.31. The van der Waals surface area contributed by atoms with E-state index in [0.717, 1.165) is 11.3 Å². The van der Waals surface area contributed by atoms with Crippen LogP contribution >= 0.6 is 0 Å². The van der Waals surface area contributed by atoms with Crippen molar-refractivity contribution in [3.05, 3.63) is 29.8 Å². The minimum atomic E-state index is -0.601. The predicted molar refractivity (Wildman–Crippen MR) is 79.3 cm³/mol. The van der Waals surface area contributed by atoms with Gasteiger partial charge >= 0.3 is 5.97 Å². The molecule has 118 valence electrons. The van der Waals surface area contributed by atoms with E-state index < -0.39 is 6.10 Å². The summed E-state index contributed by atoms with van der Waals surface area (Å²) in [6.45, 7) is 3.65. The molecule has 21 heavy (non-hydrogen) atoms. The number of hydrogen-bond donors (Lipinski definition) is 1. The van der Waals surface area contributed by atoms with Crippen molar-refractivity contribution in [1.29, 1.82) is 0 Å². The van der Waals surface area contributed by atoms with Crippen molar-refractivity contribution in [2.24, 2.45) is 0 Å². The summed E-state index contributed by atoms with van der Waals surface area (Å²) < 4.78 is 15.5. The number of aliphatic hydroxyl groups excluding tert-OH is 1. The van der Waals surface area contributed by atoms with E-state index >= 15 is 0 Å². The molecule has 0 aromatic heterocycles. The van der Waals surface area contributed by atoms with Crippen LogP contribution in [-0.4, -0.2) is 43.6 Å². The summed E-state index contributed by atoms with van der Waals surface area (Å²) in [7, 11) is 2.83. The lowest BCUT2D eigenvalue weighted by molar-refractivity contribution is -0.152. The van der Waals surface area contributed by atoms with Gasteiger partial charge in [-0.15, -0.1) is 0 Å². The number of esters is 1. The van der Waals surface area contributed by atoms with Crippen LogP contribution in [0.15, 0.2) is 24.3 Å². The lowest BCUT2D eigenvalue weighted by atomic mass is 10.1. The lowest BCUT2D eigenvalue weighted by Crippen LogP contribution is -2.26. The molecule has 0 aliphatic rings. The Labute approximate surface area is 125 Å². The zero-order valence-corrected chi connectivity index (χ0v) is 13.0. The molecule has 0 saturated heterocycles. The second kappa shape index (κ2) is 8.64. The Morgan fingerprint density at radius 1 is 1.19 bits per heavy atom. The van der Waals surface area contributed by atoms with Gasteiger partial charge in [-0.25, -0.2) is 4.79 Å². The quantitative estimate of drug-likeness (QED) is 0.743. The first kappa shape index (κ1) is 17.5. The van der Waals surface area contributed by atoms with Crippen molar-refractivity contribution in [2.45, 2.75) is 45.0 Å². The van der Waals surface area contributed by atoms with Crippen LogP contribution in [0.25, 0.3) is 0 Å². The van der Waals surface area contributed by atoms with Crippen molar-refractivity contribution in [3.8, 4) is 5.75 Å². The minimum absolute atomic E-state index is 0.0577. The maximum absolute atomic E-state index is 11.5. The SMILES string of the molecule is COC(=O)[C@H](Cc1ccc(O[C@H](C)C[C@H](C)O)cc1)OC. The zero-order valence-electron chi connectivity index (χ0n) is 13.0. The van der Waals surface area contributed by atoms with Crippen LogP contribution in [-0.2, 0) is 20.7 Å². The van der Waals surface area contributed by atoms with Gasteiger partial charge in [0.15, 0.2) is 6.10 Å². The number of carbonyl (C=O) groups is 1. The van der Waals surface area contributed by atoms with Gasteiger partial charge in [-0.3, -0.25) is 0 Å². The molecule has 0 aliphatic carbocycles. The molecule has 0 amide bonds. The molecular formula is C16H24O5. The fraction of sp³-hybridized carbons (Fsp3) is 0.562. The molecule has 0 fully saturated rings. The molecule has 3 atom stereocenters. The van der Waals surface area contributed by atoms with E-state index in [1.54, 1.807) is 6.92 Å². The highest BCUT2D eigenvalue weighted by Gasteiger charge is 2.18. The standard InChI is InChI=1S/C16H24O5/c1-11(17)9-12(2)21-14-7-5-13(6-8-14)10-15(19-3)16(18)20-4/h5-8,11-12,15,17H,9-10H2,1-4H3/t11-,12+,15-/m0/s1. The van der Waals surface area contributed by atoms with Gasteiger partial charge in [0.05, 0.1) is 19.3 Å². The average molecular weight is 296 g/mol. The Bertz CT molecular complexity index is 427. The van der Waals surface area contributed by atoms with Gasteiger partial charge in [0, 0.05) is 20.0 Å². The fourth-order valence-corrected chi connectivity index (χ4v) is 2.07. The molecule has 1 rings (SSSR count). The number of hydrogen-bond acceptors (Lipinski definition) is 5. The van der Waals surface area contributed by atoms with Crippen molar-refractivity contribution in [3.63, 3.8) is 0 Å². The molecule has 0 heterocycles. The highest BCUT2D eigenvalue weighted by atomic mass is 16.6. The third kappa shape index (κ3) is 6.14. The summed E-state index contributed by atoms with van der Waals surface area (Å²) >= 11 is 0. The van der Waals surface area contributed by atoms with Gasteiger partial charge in [0.1, 0.15) is 5.75 Å². The zero-order chi connectivity index (χ0) is 15.8. The van der Waals surface area contributed by atoms with E-state index in [2.05, 4.69) is 4.74 Å². The van der Waals surface area contributed by atoms with Gasteiger partial charge < -0.3 is 19.3 Å². The summed E-state index contributed by atoms with van der Waals surface area (Å²) in [6.07, 6.45) is -0.0157. The molecule has 0 unspecified atom stereocenters. The molecule has 5 heteroatoms. The summed E-state index contributed by atoms with van der Waals surface area (Å²) in [5.74, 6) is 0.349. The Hall–Kier alpha value is -1.59. The molecule has 1 N–H and O–H groups in total. The van der Waals surface area contributed by atoms with Crippen LogP contribution in [0.3, 0.4) is 0 Å². The normalized spacial score (nSPS) is 15.1. The van der Waals surface area contributed by atoms with Gasteiger partial charge in [0.2, 0.25) is 0 Å². The number of rotatable bonds is 8. The number of methoxy groups -OCH3 is 2. The van der Waals surface area contributed by atoms with Gasteiger partial charge in [-0.1, -0.05) is 12.1 Å². The first-order chi connectivity index (χ1) is 9.96. The maximum Gasteiger partial charge on any atom is 0.335 e. The molecule has 0 radical (unpaired) electrons. The van der Waals surface area contributed by atoms with E-state index in [1.165, 1.54) is 14.2 Å². The van der Waals surface area contributed by atoms with Crippen LogP contribution in [0.4, 0.5) is 0 Å². The van der Waals surface area contributed by atoms with Crippen molar-refractivity contribution >= 4 is 5.97 Å². The summed E-state index contributed by atoms with van der Waals surface area (Å²) in [4.78, 5) is 11.5. The average Bonchev–Trinajstić information content (AvgIpc) is 2.44. The topological polar surface area (TPSA) is 65.0 Å². The molecule has 0 saturated carbocycles. The molecule has 1 aromatic rings. The van der Waals surface area contributed by atoms with Crippen molar-refractivity contribution < 1.29 is 24.1 Å². The first-order valence-corrected chi connectivity index (χ1v) is 7.00. The monoisotopic (exact) mass is 296 g/mol. The summed E-state index contributed by atoms with van der Waals surface area (Å²) in [5.41, 5.74) is 0.961. The van der Waals surface area contributed by atoms with Gasteiger partial charge in [-0.2, -0.15) is 0 Å². The first-order valence-electron chi connectivity index (χ1n) is 7.00. The second-order valence-corrected chi connectivity index (χ2v) is 5.11. The van der Waals surface area contributed by atoms with Crippen LogP contribution < -0.4 is 4.74 Å². The number of ether oxygens (including phenoxy) is 3. The number of carbonyl (C=O) groups excluding carboxylic acids is 1. The van der Waals surface area contributed by atoms with E-state index in [4.69, 9.17) is 9.47 Å². The minimum Gasteiger partial charge on any atom is -0.491 e. The smallest absolute Gasteiger partial charge is 0.335 e. The van der Waals surface area contributed by atoms with Crippen molar-refractivity contribution in [1.82, 2.24) is 0 Å². The highest BCUT2D eigenvalue weighted by molar-refractivity contribution is 5.74. The third-order valence-electron chi connectivity index (χ3n) is 3.10. The van der Waals surface area contributed by atoms with Crippen LogP contribution in [0.5, 0.6) is 5.75 Å². The van der Waals surface area contributed by atoms with Gasteiger partial charge in [-0.05, 0) is 31.5 Å². The Morgan fingerprint density at radius 3 is 2.29 bits per heavy atom. The summed E-state index contributed by atoms with van der Waals surface area (Å²) in [6, 6.07) is 7.47. The Kier molecular flexibility index (Phi) is 7.19. The van der Waals surface area contributed by atoms with E-state index in [0.29, 0.717) is 12.8 Å². The van der Waals surface area contributed by atoms with Crippen molar-refractivity contribution in [2.75, 3.05) is 14.2 Å². The molecule has 0 bridgehead atoms. The maximum atomic E-state index is 11.5. The van der Waals surface area contributed by atoms with Crippen LogP contribution in [0.2, 0.25) is 0 Å². The van der Waals surface area contributed by atoms with E-state index in [-0.39, 0.29) is 18.2 Å². The van der Waals surface area contributed by atoms with Gasteiger partial charge in [0.25, 0.3) is 0 Å². The van der Waals surface area contributed by atoms with E-state index in [1.807, 2.05) is 31.2 Å². The predicted octanol–water partition coefficient (Wildman–Crippen LogP) is 1.96. The number of aliphatic hydroxyl groups is 1. The van der Waals surface area contributed by atoms with Crippen LogP contribution in [0.1, 0.15) is 25.8 Å². The molecule has 0 aliphatic heterocycles. The molecular weight excluding hydrogens is 272 g/mol. The Balaban J connectivity index is 2.59. The third-order valence-corrected chi connectivity index (χ3v) is 3.10. The second-order valence-electron chi connectivity index (χ2n) is 5.11. The van der Waals surface area contributed by atoms with Crippen LogP contribution in [0, 0.1) is 0 Å². The molecule has 1 aromatic carbocycles. The number of benzene rings is 1. The largest absolute Gasteiger partial charge is 0.491 e.